The van der Waals surface area contributed by atoms with Crippen LogP contribution in [0.15, 0.2) is 22.7 Å². The Morgan fingerprint density at radius 3 is 3.00 bits per heavy atom. The van der Waals surface area contributed by atoms with Crippen molar-refractivity contribution in [2.45, 2.75) is 19.8 Å². The normalized spacial score (nSPS) is 19.3. The molecule has 2 nitrogen and oxygen atoms in total. The Morgan fingerprint density at radius 1 is 1.50 bits per heavy atom. The number of halogens is 2. The predicted molar refractivity (Wildman–Crippen MR) is 81.3 cm³/mol. The molecule has 1 amide bonds. The molecule has 0 bridgehead atoms. The molecule has 1 aliphatic rings. The Balaban J connectivity index is 2.11. The lowest BCUT2D eigenvalue weighted by atomic mass is 10.1. The van der Waals surface area contributed by atoms with Gasteiger partial charge in [-0.3, -0.25) is 4.79 Å². The third-order valence-electron chi connectivity index (χ3n) is 3.51. The zero-order valence-electron chi connectivity index (χ0n) is 10.5. The molecule has 1 fully saturated rings. The molecule has 1 atom stereocenters. The molecule has 0 spiro atoms. The summed E-state index contributed by atoms with van der Waals surface area (Å²) in [5.41, 5.74) is 1.89. The smallest absolute Gasteiger partial charge is 0.255 e. The largest absolute Gasteiger partial charge is 0.338 e. The molecule has 0 aromatic heterocycles. The summed E-state index contributed by atoms with van der Waals surface area (Å²) in [5, 5.41) is 1.02. The summed E-state index contributed by atoms with van der Waals surface area (Å²) in [5.74, 6) is 0.805. The van der Waals surface area contributed by atoms with E-state index in [1.165, 1.54) is 0 Å². The number of nitrogens with zero attached hydrogens (tertiary/aromatic N) is 1. The monoisotopic (exact) mass is 373 g/mol. The minimum absolute atomic E-state index is 0.155. The number of rotatable bonds is 3. The molecular weight excluding hydrogens is 358 g/mol. The summed E-state index contributed by atoms with van der Waals surface area (Å²) in [4.78, 5) is 14.4. The summed E-state index contributed by atoms with van der Waals surface area (Å²) < 4.78 is 0.930. The van der Waals surface area contributed by atoms with E-state index in [0.717, 1.165) is 46.9 Å². The zero-order valence-corrected chi connectivity index (χ0v) is 13.6. The molecule has 1 aromatic rings. The molecular formula is C14H17Br2NO. The lowest BCUT2D eigenvalue weighted by Crippen LogP contribution is -2.29. The average molecular weight is 375 g/mol. The minimum Gasteiger partial charge on any atom is -0.338 e. The molecule has 98 valence electrons. The van der Waals surface area contributed by atoms with Gasteiger partial charge in [0.05, 0.1) is 5.56 Å². The maximum absolute atomic E-state index is 12.5. The third-order valence-corrected chi connectivity index (χ3v) is 5.02. The van der Waals surface area contributed by atoms with Crippen LogP contribution in [0.25, 0.3) is 0 Å². The molecule has 0 radical (unpaired) electrons. The Kier molecular flexibility index (Phi) is 4.84. The summed E-state index contributed by atoms with van der Waals surface area (Å²) in [6.07, 6.45) is 2.28. The van der Waals surface area contributed by atoms with Gasteiger partial charge in [0.25, 0.3) is 5.91 Å². The highest BCUT2D eigenvalue weighted by atomic mass is 79.9. The quantitative estimate of drug-likeness (QED) is 0.732. The number of benzene rings is 1. The van der Waals surface area contributed by atoms with Crippen molar-refractivity contribution in [1.29, 1.82) is 0 Å². The molecule has 4 heteroatoms. The Morgan fingerprint density at radius 2 is 2.28 bits per heavy atom. The number of carbonyl (C=O) groups is 1. The van der Waals surface area contributed by atoms with Crippen LogP contribution in [0, 0.1) is 12.8 Å². The fourth-order valence-electron chi connectivity index (χ4n) is 2.39. The van der Waals surface area contributed by atoms with Gasteiger partial charge in [0.1, 0.15) is 0 Å². The van der Waals surface area contributed by atoms with Gasteiger partial charge in [-0.2, -0.15) is 0 Å². The number of carbonyl (C=O) groups excluding carboxylic acids is 1. The Hall–Kier alpha value is -0.350. The van der Waals surface area contributed by atoms with Crippen LogP contribution in [0.5, 0.6) is 0 Å². The molecule has 0 saturated carbocycles. The highest BCUT2D eigenvalue weighted by molar-refractivity contribution is 9.10. The van der Waals surface area contributed by atoms with Crippen LogP contribution in [0.4, 0.5) is 0 Å². The highest BCUT2D eigenvalue weighted by Crippen LogP contribution is 2.26. The number of hydrogen-bond acceptors (Lipinski definition) is 1. The molecule has 1 saturated heterocycles. The molecule has 18 heavy (non-hydrogen) atoms. The Labute approximate surface area is 125 Å². The molecule has 0 N–H and O–H groups in total. The van der Waals surface area contributed by atoms with Crippen molar-refractivity contribution in [2.75, 3.05) is 18.4 Å². The first-order valence-electron chi connectivity index (χ1n) is 6.24. The second-order valence-corrected chi connectivity index (χ2v) is 6.41. The average Bonchev–Trinajstić information content (AvgIpc) is 2.81. The van der Waals surface area contributed by atoms with Crippen molar-refractivity contribution in [2.24, 2.45) is 5.92 Å². The van der Waals surface area contributed by atoms with Crippen molar-refractivity contribution in [3.63, 3.8) is 0 Å². The molecule has 0 aliphatic carbocycles. The van der Waals surface area contributed by atoms with Gasteiger partial charge in [-0.05, 0) is 53.2 Å². The molecule has 1 heterocycles. The van der Waals surface area contributed by atoms with Crippen LogP contribution >= 0.6 is 31.9 Å². The van der Waals surface area contributed by atoms with E-state index in [1.807, 2.05) is 30.0 Å². The highest BCUT2D eigenvalue weighted by Gasteiger charge is 2.27. The SMILES string of the molecule is Cc1cccc(C(=O)N2CCC(CCBr)C2)c1Br. The standard InChI is InChI=1S/C14H17Br2NO/c1-10-3-2-4-12(13(10)16)14(18)17-8-6-11(9-17)5-7-15/h2-4,11H,5-9H2,1H3. The van der Waals surface area contributed by atoms with Gasteiger partial charge < -0.3 is 4.90 Å². The van der Waals surface area contributed by atoms with Crippen LogP contribution < -0.4 is 0 Å². The van der Waals surface area contributed by atoms with Crippen LogP contribution in [-0.4, -0.2) is 29.2 Å². The molecule has 1 aliphatic heterocycles. The minimum atomic E-state index is 0.155. The van der Waals surface area contributed by atoms with Gasteiger partial charge in [-0.15, -0.1) is 0 Å². The summed E-state index contributed by atoms with van der Waals surface area (Å²) in [6, 6.07) is 5.86. The van der Waals surface area contributed by atoms with Crippen LogP contribution in [0.2, 0.25) is 0 Å². The first-order chi connectivity index (χ1) is 8.63. The van der Waals surface area contributed by atoms with E-state index in [0.29, 0.717) is 5.92 Å². The topological polar surface area (TPSA) is 20.3 Å². The van der Waals surface area contributed by atoms with Gasteiger partial charge in [0.2, 0.25) is 0 Å². The van der Waals surface area contributed by atoms with Crippen LogP contribution in [0.3, 0.4) is 0 Å². The van der Waals surface area contributed by atoms with Crippen LogP contribution in [0.1, 0.15) is 28.8 Å². The fraction of sp³-hybridized carbons (Fsp3) is 0.500. The summed E-state index contributed by atoms with van der Waals surface area (Å²) in [7, 11) is 0. The maximum atomic E-state index is 12.5. The number of likely N-dealkylation sites (tertiary alicyclic amines) is 1. The van der Waals surface area contributed by atoms with E-state index < -0.39 is 0 Å². The third kappa shape index (κ3) is 2.97. The van der Waals surface area contributed by atoms with Crippen molar-refractivity contribution in [1.82, 2.24) is 4.90 Å². The van der Waals surface area contributed by atoms with Gasteiger partial charge in [0.15, 0.2) is 0 Å². The lowest BCUT2D eigenvalue weighted by molar-refractivity contribution is 0.0786. The van der Waals surface area contributed by atoms with E-state index in [9.17, 15) is 4.79 Å². The van der Waals surface area contributed by atoms with E-state index >= 15 is 0 Å². The van der Waals surface area contributed by atoms with Crippen molar-refractivity contribution in [3.8, 4) is 0 Å². The lowest BCUT2D eigenvalue weighted by Gasteiger charge is -2.18. The first-order valence-corrected chi connectivity index (χ1v) is 8.15. The Bertz CT molecular complexity index is 447. The van der Waals surface area contributed by atoms with Gasteiger partial charge in [-0.1, -0.05) is 28.1 Å². The van der Waals surface area contributed by atoms with Crippen molar-refractivity contribution >= 4 is 37.8 Å². The van der Waals surface area contributed by atoms with Gasteiger partial charge in [-0.25, -0.2) is 0 Å². The van der Waals surface area contributed by atoms with Crippen LogP contribution in [-0.2, 0) is 0 Å². The van der Waals surface area contributed by atoms with E-state index in [4.69, 9.17) is 0 Å². The van der Waals surface area contributed by atoms with Gasteiger partial charge >= 0.3 is 0 Å². The predicted octanol–water partition coefficient (Wildman–Crippen LogP) is 4.00. The van der Waals surface area contributed by atoms with E-state index in [1.54, 1.807) is 0 Å². The molecule has 2 rings (SSSR count). The number of alkyl halides is 1. The van der Waals surface area contributed by atoms with Crippen molar-refractivity contribution < 1.29 is 4.79 Å². The van der Waals surface area contributed by atoms with Gasteiger partial charge in [0, 0.05) is 22.9 Å². The second-order valence-electron chi connectivity index (χ2n) is 4.82. The maximum Gasteiger partial charge on any atom is 0.255 e. The van der Waals surface area contributed by atoms with E-state index in [2.05, 4.69) is 31.9 Å². The second kappa shape index (κ2) is 6.20. The molecule has 1 aromatic carbocycles. The first kappa shape index (κ1) is 14.1. The number of hydrogen-bond donors (Lipinski definition) is 0. The fourth-order valence-corrected chi connectivity index (χ4v) is 3.47. The summed E-state index contributed by atoms with van der Waals surface area (Å²) >= 11 is 6.99. The van der Waals surface area contributed by atoms with E-state index in [-0.39, 0.29) is 5.91 Å². The van der Waals surface area contributed by atoms with Crippen molar-refractivity contribution in [3.05, 3.63) is 33.8 Å². The number of amides is 1. The molecule has 1 unspecified atom stereocenters. The number of aryl methyl sites for hydroxylation is 1. The summed E-state index contributed by atoms with van der Waals surface area (Å²) in [6.45, 7) is 3.79. The zero-order chi connectivity index (χ0) is 13.1.